The Balaban J connectivity index is 2.35. The maximum absolute atomic E-state index is 10.9. The van der Waals surface area contributed by atoms with Gasteiger partial charge < -0.3 is 14.9 Å². The number of methoxy groups -OCH3 is 1. The van der Waals surface area contributed by atoms with Crippen LogP contribution in [0.3, 0.4) is 0 Å². The van der Waals surface area contributed by atoms with Crippen molar-refractivity contribution in [1.29, 1.82) is 0 Å². The molecule has 1 aromatic rings. The Morgan fingerprint density at radius 2 is 2.30 bits per heavy atom. The van der Waals surface area contributed by atoms with Gasteiger partial charge in [-0.3, -0.25) is 20.2 Å². The molecule has 0 aliphatic carbocycles. The fourth-order valence-electron chi connectivity index (χ4n) is 1.87. The van der Waals surface area contributed by atoms with Gasteiger partial charge in [-0.25, -0.2) is 0 Å². The molecule has 1 aliphatic heterocycles. The van der Waals surface area contributed by atoms with Crippen LogP contribution in [0, 0.1) is 10.1 Å². The number of nitro groups is 1. The number of aliphatic carboxylic acids is 1. The number of phenols is 1. The maximum atomic E-state index is 10.9. The number of nitrogens with one attached hydrogen (secondary N) is 1. The van der Waals surface area contributed by atoms with Crippen molar-refractivity contribution in [1.82, 2.24) is 5.32 Å². The number of hydrogen-bond donors (Lipinski definition) is 3. The summed E-state index contributed by atoms with van der Waals surface area (Å²) in [6.07, 6.45) is 0. The molecule has 1 fully saturated rings. The van der Waals surface area contributed by atoms with Crippen LogP contribution in [0.5, 0.6) is 11.5 Å². The first kappa shape index (κ1) is 14.4. The summed E-state index contributed by atoms with van der Waals surface area (Å²) in [4.78, 5) is 21.1. The molecule has 108 valence electrons. The molecule has 3 N–H and O–H groups in total. The van der Waals surface area contributed by atoms with Gasteiger partial charge in [0, 0.05) is 11.8 Å². The minimum absolute atomic E-state index is 0.0182. The third kappa shape index (κ3) is 2.63. The van der Waals surface area contributed by atoms with Crippen molar-refractivity contribution in [3.05, 3.63) is 27.8 Å². The van der Waals surface area contributed by atoms with Crippen LogP contribution in [0.1, 0.15) is 10.9 Å². The van der Waals surface area contributed by atoms with Gasteiger partial charge in [-0.05, 0) is 11.6 Å². The Labute approximate surface area is 117 Å². The van der Waals surface area contributed by atoms with Crippen LogP contribution >= 0.6 is 11.8 Å². The quantitative estimate of drug-likeness (QED) is 0.558. The number of carboxylic acids is 1. The number of nitrogens with zero attached hydrogens (tertiary/aromatic N) is 1. The zero-order valence-electron chi connectivity index (χ0n) is 10.4. The average molecular weight is 300 g/mol. The normalized spacial score (nSPS) is 21.6. The number of aromatic hydroxyl groups is 1. The summed E-state index contributed by atoms with van der Waals surface area (Å²) in [6, 6.07) is 1.97. The third-order valence-electron chi connectivity index (χ3n) is 2.88. The van der Waals surface area contributed by atoms with Gasteiger partial charge in [0.2, 0.25) is 5.75 Å². The van der Waals surface area contributed by atoms with Crippen LogP contribution in [0.4, 0.5) is 5.69 Å². The zero-order chi connectivity index (χ0) is 14.9. The summed E-state index contributed by atoms with van der Waals surface area (Å²) in [5.41, 5.74) is 0.0145. The molecule has 0 spiro atoms. The highest BCUT2D eigenvalue weighted by atomic mass is 32.2. The first-order valence-electron chi connectivity index (χ1n) is 5.59. The molecule has 0 unspecified atom stereocenters. The Bertz CT molecular complexity index is 564. The first-order chi connectivity index (χ1) is 9.43. The molecule has 0 saturated carbocycles. The van der Waals surface area contributed by atoms with Crippen molar-refractivity contribution < 1.29 is 24.7 Å². The minimum Gasteiger partial charge on any atom is -0.500 e. The predicted octanol–water partition coefficient (Wildman–Crippen LogP) is 1.10. The molecular formula is C11H12N2O6S. The van der Waals surface area contributed by atoms with Gasteiger partial charge in [-0.1, -0.05) is 0 Å². The maximum Gasteiger partial charge on any atom is 0.321 e. The van der Waals surface area contributed by atoms with Gasteiger partial charge in [0.05, 0.1) is 17.4 Å². The SMILES string of the molecule is COc1cc([C@@H]2N[C@@H](C(=O)O)CS2)cc([N+](=O)[O-])c1O. The molecule has 8 nitrogen and oxygen atoms in total. The van der Waals surface area contributed by atoms with E-state index in [-0.39, 0.29) is 5.75 Å². The van der Waals surface area contributed by atoms with Crippen LogP contribution in [-0.4, -0.2) is 40.0 Å². The van der Waals surface area contributed by atoms with Crippen LogP contribution in [0.25, 0.3) is 0 Å². The second kappa shape index (κ2) is 5.55. The number of carbonyl (C=O) groups is 1. The van der Waals surface area contributed by atoms with Gasteiger partial charge in [-0.2, -0.15) is 0 Å². The number of nitro benzene ring substituents is 1. The number of rotatable bonds is 4. The van der Waals surface area contributed by atoms with Crippen molar-refractivity contribution in [3.63, 3.8) is 0 Å². The number of ether oxygens (including phenoxy) is 1. The fourth-order valence-corrected chi connectivity index (χ4v) is 3.08. The number of phenolic OH excluding ortho intramolecular Hbond substituents is 1. The first-order valence-corrected chi connectivity index (χ1v) is 6.64. The number of thioether (sulfide) groups is 1. The molecule has 0 bridgehead atoms. The van der Waals surface area contributed by atoms with Gasteiger partial charge >= 0.3 is 11.7 Å². The molecule has 1 aliphatic rings. The molecule has 1 heterocycles. The lowest BCUT2D eigenvalue weighted by Gasteiger charge is -2.13. The van der Waals surface area contributed by atoms with E-state index in [2.05, 4.69) is 5.32 Å². The molecule has 1 saturated heterocycles. The van der Waals surface area contributed by atoms with E-state index in [0.717, 1.165) is 0 Å². The van der Waals surface area contributed by atoms with Crippen molar-refractivity contribution in [2.75, 3.05) is 12.9 Å². The minimum atomic E-state index is -0.972. The highest BCUT2D eigenvalue weighted by Crippen LogP contribution is 2.42. The van der Waals surface area contributed by atoms with Gasteiger partial charge in [0.25, 0.3) is 0 Å². The van der Waals surface area contributed by atoms with E-state index in [1.807, 2.05) is 0 Å². The average Bonchev–Trinajstić information content (AvgIpc) is 2.88. The molecule has 0 amide bonds. The van der Waals surface area contributed by atoms with Crippen molar-refractivity contribution in [2.24, 2.45) is 0 Å². The Morgan fingerprint density at radius 1 is 1.60 bits per heavy atom. The molecular weight excluding hydrogens is 288 g/mol. The van der Waals surface area contributed by atoms with Crippen LogP contribution < -0.4 is 10.1 Å². The summed E-state index contributed by atoms with van der Waals surface area (Å²) >= 11 is 1.33. The molecule has 20 heavy (non-hydrogen) atoms. The van der Waals surface area contributed by atoms with Crippen molar-refractivity contribution in [2.45, 2.75) is 11.4 Å². The Kier molecular flexibility index (Phi) is 4.00. The predicted molar refractivity (Wildman–Crippen MR) is 71.1 cm³/mol. The standard InChI is InChI=1S/C11H12N2O6S/c1-19-8-3-5(2-7(9(8)14)13(17)18)10-12-6(4-20-10)11(15)16/h2-3,6,10,12,14H,4H2,1H3,(H,15,16)/t6-,10-/m1/s1. The molecule has 2 atom stereocenters. The van der Waals surface area contributed by atoms with E-state index in [0.29, 0.717) is 11.3 Å². The number of benzene rings is 1. The summed E-state index contributed by atoms with van der Waals surface area (Å²) in [5.74, 6) is -1.17. The van der Waals surface area contributed by atoms with E-state index in [1.165, 1.54) is 31.0 Å². The van der Waals surface area contributed by atoms with Crippen molar-refractivity contribution >= 4 is 23.4 Å². The molecule has 0 aromatic heterocycles. The van der Waals surface area contributed by atoms with Crippen LogP contribution in [0.15, 0.2) is 12.1 Å². The van der Waals surface area contributed by atoms with E-state index < -0.39 is 33.7 Å². The third-order valence-corrected chi connectivity index (χ3v) is 4.14. The monoisotopic (exact) mass is 300 g/mol. The second-order valence-electron chi connectivity index (χ2n) is 4.12. The van der Waals surface area contributed by atoms with E-state index in [1.54, 1.807) is 0 Å². The van der Waals surface area contributed by atoms with Crippen LogP contribution in [-0.2, 0) is 4.79 Å². The lowest BCUT2D eigenvalue weighted by molar-refractivity contribution is -0.386. The highest BCUT2D eigenvalue weighted by molar-refractivity contribution is 7.99. The number of carboxylic acid groups (broad SMARTS) is 1. The zero-order valence-corrected chi connectivity index (χ0v) is 11.2. The fraction of sp³-hybridized carbons (Fsp3) is 0.364. The van der Waals surface area contributed by atoms with Crippen LogP contribution in [0.2, 0.25) is 0 Å². The van der Waals surface area contributed by atoms with Crippen molar-refractivity contribution in [3.8, 4) is 11.5 Å². The summed E-state index contributed by atoms with van der Waals surface area (Å²) in [7, 11) is 1.29. The van der Waals surface area contributed by atoms with E-state index in [9.17, 15) is 20.0 Å². The molecule has 1 aromatic carbocycles. The lowest BCUT2D eigenvalue weighted by Crippen LogP contribution is -2.33. The molecule has 9 heteroatoms. The topological polar surface area (TPSA) is 122 Å². The summed E-state index contributed by atoms with van der Waals surface area (Å²) in [5, 5.41) is 31.9. The molecule has 0 radical (unpaired) electrons. The Hall–Kier alpha value is -2.00. The highest BCUT2D eigenvalue weighted by Gasteiger charge is 2.32. The largest absolute Gasteiger partial charge is 0.500 e. The van der Waals surface area contributed by atoms with Gasteiger partial charge in [-0.15, -0.1) is 11.8 Å². The summed E-state index contributed by atoms with van der Waals surface area (Å²) < 4.78 is 4.90. The Morgan fingerprint density at radius 3 is 2.80 bits per heavy atom. The second-order valence-corrected chi connectivity index (χ2v) is 5.26. The van der Waals surface area contributed by atoms with Gasteiger partial charge in [0.15, 0.2) is 5.75 Å². The smallest absolute Gasteiger partial charge is 0.321 e. The van der Waals surface area contributed by atoms with Gasteiger partial charge in [0.1, 0.15) is 6.04 Å². The van der Waals surface area contributed by atoms with E-state index in [4.69, 9.17) is 9.84 Å². The summed E-state index contributed by atoms with van der Waals surface area (Å²) in [6.45, 7) is 0. The lowest BCUT2D eigenvalue weighted by atomic mass is 10.1. The molecule has 2 rings (SSSR count). The number of hydrogen-bond acceptors (Lipinski definition) is 7. The van der Waals surface area contributed by atoms with E-state index >= 15 is 0 Å².